The summed E-state index contributed by atoms with van der Waals surface area (Å²) in [5.74, 6) is -0.804. The molecule has 1 heterocycles. The van der Waals surface area contributed by atoms with Crippen LogP contribution >= 0.6 is 0 Å². The molecule has 138 valence electrons. The van der Waals surface area contributed by atoms with E-state index in [1.165, 1.54) is 11.8 Å². The highest BCUT2D eigenvalue weighted by Crippen LogP contribution is 2.26. The number of carbonyl (C=O) groups is 3. The third-order valence-corrected chi connectivity index (χ3v) is 4.58. The van der Waals surface area contributed by atoms with Crippen LogP contribution in [0.2, 0.25) is 0 Å². The van der Waals surface area contributed by atoms with Gasteiger partial charge in [-0.1, -0.05) is 20.8 Å². The van der Waals surface area contributed by atoms with Crippen molar-refractivity contribution in [1.29, 1.82) is 0 Å². The summed E-state index contributed by atoms with van der Waals surface area (Å²) in [7, 11) is 1.70. The quantitative estimate of drug-likeness (QED) is 0.657. The number of nitrogens with zero attached hydrogens (tertiary/aromatic N) is 1. The number of hydrogen-bond donors (Lipinski definition) is 3. The second-order valence-corrected chi connectivity index (χ2v) is 8.15. The molecule has 3 N–H and O–H groups in total. The van der Waals surface area contributed by atoms with E-state index in [1.807, 2.05) is 20.8 Å². The van der Waals surface area contributed by atoms with Crippen LogP contribution in [-0.2, 0) is 14.4 Å². The molecule has 1 aliphatic rings. The minimum atomic E-state index is -1.01. The Hall–Kier alpha value is -1.47. The summed E-state index contributed by atoms with van der Waals surface area (Å²) in [6.07, 6.45) is -0.575. The maximum absolute atomic E-state index is 12.9. The van der Waals surface area contributed by atoms with Crippen molar-refractivity contribution in [3.05, 3.63) is 0 Å². The van der Waals surface area contributed by atoms with Gasteiger partial charge in [0.25, 0.3) is 0 Å². The van der Waals surface area contributed by atoms with Gasteiger partial charge in [-0.2, -0.15) is 0 Å². The molecule has 0 radical (unpaired) electrons. The molecule has 0 bridgehead atoms. The minimum absolute atomic E-state index is 0.117. The average molecular weight is 341 g/mol. The van der Waals surface area contributed by atoms with Crippen LogP contribution in [0.4, 0.5) is 0 Å². The van der Waals surface area contributed by atoms with Crippen molar-refractivity contribution >= 4 is 17.6 Å². The predicted octanol–water partition coefficient (Wildman–Crippen LogP) is 0.0661. The number of aliphatic hydroxyl groups is 1. The normalized spacial score (nSPS) is 23.1. The molecule has 1 fully saturated rings. The molecule has 0 aromatic carbocycles. The third-order valence-electron chi connectivity index (χ3n) is 4.58. The highest BCUT2D eigenvalue weighted by Gasteiger charge is 2.44. The van der Waals surface area contributed by atoms with Crippen LogP contribution in [0.1, 0.15) is 48.0 Å². The van der Waals surface area contributed by atoms with Gasteiger partial charge in [0.1, 0.15) is 6.04 Å². The molecular formula is C17H31N3O4. The molecule has 7 nitrogen and oxygen atoms in total. The lowest BCUT2D eigenvalue weighted by Crippen LogP contribution is -2.58. The summed E-state index contributed by atoms with van der Waals surface area (Å²) < 4.78 is 0. The Morgan fingerprint density at radius 2 is 1.71 bits per heavy atom. The SMILES string of the molecule is CN[C@H](C(=O)N1C[C@H](O)C[C@H]1C(=O)NC(C)(C)C(C)=O)C(C)(C)C. The van der Waals surface area contributed by atoms with Crippen LogP contribution in [0.25, 0.3) is 0 Å². The molecule has 0 unspecified atom stereocenters. The number of likely N-dealkylation sites (N-methyl/N-ethyl adjacent to an activating group) is 1. The summed E-state index contributed by atoms with van der Waals surface area (Å²) in [4.78, 5) is 38.5. The molecule has 1 aliphatic heterocycles. The van der Waals surface area contributed by atoms with Crippen molar-refractivity contribution in [2.45, 2.75) is 71.7 Å². The zero-order chi connectivity index (χ0) is 18.9. The molecule has 2 amide bonds. The van der Waals surface area contributed by atoms with E-state index in [1.54, 1.807) is 20.9 Å². The molecular weight excluding hydrogens is 310 g/mol. The zero-order valence-corrected chi connectivity index (χ0v) is 15.8. The van der Waals surface area contributed by atoms with Crippen LogP contribution in [-0.4, -0.2) is 64.9 Å². The monoisotopic (exact) mass is 341 g/mol. The Labute approximate surface area is 144 Å². The Balaban J connectivity index is 3.00. The average Bonchev–Trinajstić information content (AvgIpc) is 2.79. The molecule has 0 aliphatic carbocycles. The maximum atomic E-state index is 12.9. The van der Waals surface area contributed by atoms with Gasteiger partial charge in [-0.25, -0.2) is 0 Å². The molecule has 0 spiro atoms. The molecule has 3 atom stereocenters. The summed E-state index contributed by atoms with van der Waals surface area (Å²) in [6.45, 7) is 10.6. The standard InChI is InChI=1S/C17H31N3O4/c1-10(21)17(5,6)19-14(23)12-8-11(22)9-20(12)15(24)13(18-7)16(2,3)4/h11-13,18,22H,8-9H2,1-7H3,(H,19,23)/t11-,12+,13-/m1/s1. The van der Waals surface area contributed by atoms with Gasteiger partial charge in [-0.3, -0.25) is 14.4 Å². The maximum Gasteiger partial charge on any atom is 0.243 e. The fourth-order valence-corrected chi connectivity index (χ4v) is 2.88. The van der Waals surface area contributed by atoms with Gasteiger partial charge in [0, 0.05) is 13.0 Å². The summed E-state index contributed by atoms with van der Waals surface area (Å²) >= 11 is 0. The number of hydrogen-bond acceptors (Lipinski definition) is 5. The van der Waals surface area contributed by atoms with Crippen molar-refractivity contribution in [2.24, 2.45) is 5.41 Å². The Bertz CT molecular complexity index is 510. The molecule has 24 heavy (non-hydrogen) atoms. The van der Waals surface area contributed by atoms with Gasteiger partial charge in [0.15, 0.2) is 5.78 Å². The van der Waals surface area contributed by atoms with Gasteiger partial charge in [-0.05, 0) is 33.2 Å². The van der Waals surface area contributed by atoms with Crippen molar-refractivity contribution in [3.8, 4) is 0 Å². The molecule has 0 saturated carbocycles. The van der Waals surface area contributed by atoms with Crippen molar-refractivity contribution in [3.63, 3.8) is 0 Å². The second-order valence-electron chi connectivity index (χ2n) is 8.15. The number of Topliss-reactive ketones (excluding diaryl/α,β-unsaturated/α-hetero) is 1. The lowest BCUT2D eigenvalue weighted by atomic mass is 9.85. The van der Waals surface area contributed by atoms with Crippen LogP contribution in [0.5, 0.6) is 0 Å². The van der Waals surface area contributed by atoms with Gasteiger partial charge >= 0.3 is 0 Å². The van der Waals surface area contributed by atoms with E-state index < -0.39 is 29.6 Å². The number of amides is 2. The highest BCUT2D eigenvalue weighted by molar-refractivity contribution is 5.95. The minimum Gasteiger partial charge on any atom is -0.391 e. The summed E-state index contributed by atoms with van der Waals surface area (Å²) in [5.41, 5.74) is -1.34. The highest BCUT2D eigenvalue weighted by atomic mass is 16.3. The number of ketones is 1. The summed E-state index contributed by atoms with van der Waals surface area (Å²) in [5, 5.41) is 15.7. The number of rotatable bonds is 5. The zero-order valence-electron chi connectivity index (χ0n) is 15.8. The lowest BCUT2D eigenvalue weighted by Gasteiger charge is -2.35. The second kappa shape index (κ2) is 7.19. The van der Waals surface area contributed by atoms with E-state index in [0.29, 0.717) is 0 Å². The third kappa shape index (κ3) is 4.54. The lowest BCUT2D eigenvalue weighted by molar-refractivity contribution is -0.143. The van der Waals surface area contributed by atoms with Crippen LogP contribution in [0, 0.1) is 5.41 Å². The van der Waals surface area contributed by atoms with E-state index in [-0.39, 0.29) is 30.1 Å². The van der Waals surface area contributed by atoms with E-state index in [0.717, 1.165) is 0 Å². The molecule has 1 saturated heterocycles. The number of β-amino-alcohol motifs (C(OH)–C–C–N with tert-alkyl or cyclic N) is 1. The first-order valence-electron chi connectivity index (χ1n) is 8.30. The fraction of sp³-hybridized carbons (Fsp3) is 0.824. The number of nitrogens with one attached hydrogen (secondary N) is 2. The van der Waals surface area contributed by atoms with Gasteiger partial charge in [0.05, 0.1) is 17.7 Å². The Morgan fingerprint density at radius 1 is 1.17 bits per heavy atom. The first-order chi connectivity index (χ1) is 10.8. The van der Waals surface area contributed by atoms with Crippen molar-refractivity contribution in [1.82, 2.24) is 15.5 Å². The summed E-state index contributed by atoms with van der Waals surface area (Å²) in [6, 6.07) is -1.25. The topological polar surface area (TPSA) is 98.7 Å². The van der Waals surface area contributed by atoms with Crippen LogP contribution < -0.4 is 10.6 Å². The van der Waals surface area contributed by atoms with Crippen molar-refractivity contribution in [2.75, 3.05) is 13.6 Å². The van der Waals surface area contributed by atoms with Crippen LogP contribution in [0.15, 0.2) is 0 Å². The number of likely N-dealkylation sites (tertiary alicyclic amines) is 1. The van der Waals surface area contributed by atoms with E-state index in [4.69, 9.17) is 0 Å². The number of aliphatic hydroxyl groups excluding tert-OH is 1. The molecule has 0 aromatic rings. The first-order valence-corrected chi connectivity index (χ1v) is 8.30. The van der Waals surface area contributed by atoms with Gasteiger partial charge in [0.2, 0.25) is 11.8 Å². The number of carbonyl (C=O) groups excluding carboxylic acids is 3. The smallest absolute Gasteiger partial charge is 0.243 e. The van der Waals surface area contributed by atoms with Gasteiger partial charge in [-0.15, -0.1) is 0 Å². The first kappa shape index (κ1) is 20.6. The Morgan fingerprint density at radius 3 is 2.12 bits per heavy atom. The molecule has 7 heteroatoms. The van der Waals surface area contributed by atoms with E-state index in [9.17, 15) is 19.5 Å². The van der Waals surface area contributed by atoms with E-state index in [2.05, 4.69) is 10.6 Å². The largest absolute Gasteiger partial charge is 0.391 e. The molecule has 1 rings (SSSR count). The fourth-order valence-electron chi connectivity index (χ4n) is 2.88. The van der Waals surface area contributed by atoms with E-state index >= 15 is 0 Å². The predicted molar refractivity (Wildman–Crippen MR) is 91.3 cm³/mol. The Kier molecular flexibility index (Phi) is 6.16. The van der Waals surface area contributed by atoms with Crippen molar-refractivity contribution < 1.29 is 19.5 Å². The molecule has 0 aromatic heterocycles. The van der Waals surface area contributed by atoms with Gasteiger partial charge < -0.3 is 20.6 Å². The van der Waals surface area contributed by atoms with Crippen LogP contribution in [0.3, 0.4) is 0 Å².